The summed E-state index contributed by atoms with van der Waals surface area (Å²) in [5, 5.41) is 0. The monoisotopic (exact) mass is 278 g/mol. The molecule has 0 aromatic heterocycles. The summed E-state index contributed by atoms with van der Waals surface area (Å²) >= 11 is 3.57. The minimum atomic E-state index is 0.384. The Morgan fingerprint density at radius 2 is 2.33 bits per heavy atom. The van der Waals surface area contributed by atoms with Crippen molar-refractivity contribution in [2.24, 2.45) is 0 Å². The summed E-state index contributed by atoms with van der Waals surface area (Å²) in [7, 11) is 2.16. The highest BCUT2D eigenvalue weighted by molar-refractivity contribution is 9.09. The number of morpholine rings is 1. The molecule has 0 saturated carbocycles. The second-order valence-electron chi connectivity index (χ2n) is 4.39. The third-order valence-corrected chi connectivity index (χ3v) is 3.04. The maximum Gasteiger partial charge on any atom is 0.0829 e. The summed E-state index contributed by atoms with van der Waals surface area (Å²) in [5.74, 6) is 0. The van der Waals surface area contributed by atoms with E-state index in [0.717, 1.165) is 39.3 Å². The lowest BCUT2D eigenvalue weighted by molar-refractivity contribution is -0.0386. The van der Waals surface area contributed by atoms with Gasteiger partial charge in [-0.2, -0.15) is 0 Å². The number of halogens is 1. The second-order valence-corrected chi connectivity index (χ2v) is 5.95. The molecule has 3 nitrogen and oxygen atoms in total. The standard InChI is InChI=1S/C11H23BrN2O/c1-4-14-5-6-15-11(9-14)8-13(3)7-10(2)12/h10-11H,4-9H2,1-3H3. The van der Waals surface area contributed by atoms with Crippen LogP contribution in [0.15, 0.2) is 0 Å². The molecule has 0 N–H and O–H groups in total. The van der Waals surface area contributed by atoms with Crippen LogP contribution in [0.5, 0.6) is 0 Å². The first kappa shape index (κ1) is 13.4. The molecule has 1 fully saturated rings. The molecular formula is C11H23BrN2O. The largest absolute Gasteiger partial charge is 0.374 e. The van der Waals surface area contributed by atoms with Crippen LogP contribution in [0.25, 0.3) is 0 Å². The van der Waals surface area contributed by atoms with E-state index in [1.807, 2.05) is 0 Å². The predicted octanol–water partition coefficient (Wildman–Crippen LogP) is 1.42. The molecule has 1 rings (SSSR count). The number of nitrogens with zero attached hydrogens (tertiary/aromatic N) is 2. The first-order valence-corrected chi connectivity index (χ1v) is 6.70. The van der Waals surface area contributed by atoms with E-state index < -0.39 is 0 Å². The molecule has 1 aliphatic rings. The van der Waals surface area contributed by atoms with Gasteiger partial charge in [0.05, 0.1) is 12.7 Å². The fourth-order valence-electron chi connectivity index (χ4n) is 2.03. The van der Waals surface area contributed by atoms with Crippen LogP contribution in [0.4, 0.5) is 0 Å². The minimum Gasteiger partial charge on any atom is -0.374 e. The van der Waals surface area contributed by atoms with E-state index in [2.05, 4.69) is 46.6 Å². The number of hydrogen-bond donors (Lipinski definition) is 0. The van der Waals surface area contributed by atoms with E-state index in [1.54, 1.807) is 0 Å². The number of ether oxygens (including phenoxy) is 1. The third-order valence-electron chi connectivity index (χ3n) is 2.75. The van der Waals surface area contributed by atoms with Crippen molar-refractivity contribution in [1.82, 2.24) is 9.80 Å². The molecule has 90 valence electrons. The summed E-state index contributed by atoms with van der Waals surface area (Å²) in [4.78, 5) is 5.34. The molecule has 0 spiro atoms. The Labute approximate surface area is 102 Å². The Balaban J connectivity index is 2.25. The highest BCUT2D eigenvalue weighted by Gasteiger charge is 2.20. The molecule has 1 saturated heterocycles. The molecule has 4 heteroatoms. The zero-order valence-electron chi connectivity index (χ0n) is 10.1. The number of rotatable bonds is 5. The Bertz CT molecular complexity index is 178. The molecule has 0 amide bonds. The summed E-state index contributed by atoms with van der Waals surface area (Å²) < 4.78 is 5.76. The molecule has 0 aliphatic carbocycles. The van der Waals surface area contributed by atoms with E-state index in [-0.39, 0.29) is 0 Å². The number of likely N-dealkylation sites (N-methyl/N-ethyl adjacent to an activating group) is 2. The maximum absolute atomic E-state index is 5.76. The van der Waals surface area contributed by atoms with E-state index >= 15 is 0 Å². The van der Waals surface area contributed by atoms with Gasteiger partial charge in [-0.15, -0.1) is 0 Å². The Morgan fingerprint density at radius 3 is 2.93 bits per heavy atom. The maximum atomic E-state index is 5.76. The van der Waals surface area contributed by atoms with Crippen LogP contribution in [0, 0.1) is 0 Å². The van der Waals surface area contributed by atoms with Gasteiger partial charge in [0.15, 0.2) is 0 Å². The van der Waals surface area contributed by atoms with Crippen LogP contribution in [-0.4, -0.2) is 67.1 Å². The van der Waals surface area contributed by atoms with Crippen molar-refractivity contribution in [2.45, 2.75) is 24.8 Å². The lowest BCUT2D eigenvalue weighted by Crippen LogP contribution is -2.47. The molecule has 0 bridgehead atoms. The molecule has 0 aromatic rings. The molecule has 1 heterocycles. The van der Waals surface area contributed by atoms with Crippen LogP contribution < -0.4 is 0 Å². The van der Waals surface area contributed by atoms with Gasteiger partial charge in [-0.05, 0) is 13.6 Å². The lowest BCUT2D eigenvalue weighted by atomic mass is 10.2. The Morgan fingerprint density at radius 1 is 1.60 bits per heavy atom. The smallest absolute Gasteiger partial charge is 0.0829 e. The summed E-state index contributed by atoms with van der Waals surface area (Å²) in [5.41, 5.74) is 0. The van der Waals surface area contributed by atoms with Gasteiger partial charge in [0, 0.05) is 31.0 Å². The predicted molar refractivity (Wildman–Crippen MR) is 67.7 cm³/mol. The first-order valence-electron chi connectivity index (χ1n) is 5.78. The van der Waals surface area contributed by atoms with Gasteiger partial charge in [0.1, 0.15) is 0 Å². The molecule has 0 aromatic carbocycles. The zero-order chi connectivity index (χ0) is 11.3. The van der Waals surface area contributed by atoms with Crippen molar-refractivity contribution in [2.75, 3.05) is 46.4 Å². The Kier molecular flexibility index (Phi) is 6.12. The molecule has 2 atom stereocenters. The average Bonchev–Trinajstić information content (AvgIpc) is 2.16. The highest BCUT2D eigenvalue weighted by Crippen LogP contribution is 2.07. The summed E-state index contributed by atoms with van der Waals surface area (Å²) in [6, 6.07) is 0. The number of hydrogen-bond acceptors (Lipinski definition) is 3. The van der Waals surface area contributed by atoms with Crippen LogP contribution in [0.1, 0.15) is 13.8 Å². The minimum absolute atomic E-state index is 0.384. The summed E-state index contributed by atoms with van der Waals surface area (Å²) in [6.07, 6.45) is 0.384. The van der Waals surface area contributed by atoms with Crippen molar-refractivity contribution in [3.05, 3.63) is 0 Å². The molecule has 0 radical (unpaired) electrons. The van der Waals surface area contributed by atoms with Crippen LogP contribution in [0.3, 0.4) is 0 Å². The third kappa shape index (κ3) is 5.29. The summed E-state index contributed by atoms with van der Waals surface area (Å²) in [6.45, 7) is 10.7. The van der Waals surface area contributed by atoms with Crippen molar-refractivity contribution < 1.29 is 4.74 Å². The normalized spacial score (nSPS) is 25.8. The lowest BCUT2D eigenvalue weighted by Gasteiger charge is -2.34. The fourth-order valence-corrected chi connectivity index (χ4v) is 2.52. The van der Waals surface area contributed by atoms with Crippen molar-refractivity contribution >= 4 is 15.9 Å². The second kappa shape index (κ2) is 6.84. The van der Waals surface area contributed by atoms with Crippen LogP contribution in [-0.2, 0) is 4.74 Å². The van der Waals surface area contributed by atoms with E-state index in [9.17, 15) is 0 Å². The molecular weight excluding hydrogens is 256 g/mol. The SMILES string of the molecule is CCN1CCOC(CN(C)CC(C)Br)C1. The van der Waals surface area contributed by atoms with Crippen molar-refractivity contribution in [3.8, 4) is 0 Å². The van der Waals surface area contributed by atoms with Gasteiger partial charge in [-0.3, -0.25) is 4.90 Å². The highest BCUT2D eigenvalue weighted by atomic mass is 79.9. The molecule has 2 unspecified atom stereocenters. The van der Waals surface area contributed by atoms with Gasteiger partial charge in [0.25, 0.3) is 0 Å². The topological polar surface area (TPSA) is 15.7 Å². The van der Waals surface area contributed by atoms with Gasteiger partial charge in [0.2, 0.25) is 0 Å². The first-order chi connectivity index (χ1) is 7.11. The van der Waals surface area contributed by atoms with E-state index in [0.29, 0.717) is 10.9 Å². The van der Waals surface area contributed by atoms with Crippen LogP contribution >= 0.6 is 15.9 Å². The van der Waals surface area contributed by atoms with Crippen molar-refractivity contribution in [1.29, 1.82) is 0 Å². The fraction of sp³-hybridized carbons (Fsp3) is 1.00. The van der Waals surface area contributed by atoms with E-state index in [1.165, 1.54) is 0 Å². The quantitative estimate of drug-likeness (QED) is 0.708. The van der Waals surface area contributed by atoms with Crippen LogP contribution in [0.2, 0.25) is 0 Å². The van der Waals surface area contributed by atoms with Gasteiger partial charge in [-0.25, -0.2) is 0 Å². The zero-order valence-corrected chi connectivity index (χ0v) is 11.7. The van der Waals surface area contributed by atoms with E-state index in [4.69, 9.17) is 4.74 Å². The van der Waals surface area contributed by atoms with Gasteiger partial charge >= 0.3 is 0 Å². The number of alkyl halides is 1. The average molecular weight is 279 g/mol. The Hall–Kier alpha value is 0.360. The molecule has 15 heavy (non-hydrogen) atoms. The van der Waals surface area contributed by atoms with Gasteiger partial charge < -0.3 is 9.64 Å². The van der Waals surface area contributed by atoms with Crippen molar-refractivity contribution in [3.63, 3.8) is 0 Å². The van der Waals surface area contributed by atoms with Gasteiger partial charge in [-0.1, -0.05) is 29.8 Å². The molecule has 1 aliphatic heterocycles.